The Kier molecular flexibility index (Phi) is 4.43. The summed E-state index contributed by atoms with van der Waals surface area (Å²) in [5, 5.41) is 6.87. The number of rotatable bonds is 3. The minimum atomic E-state index is 0.455. The van der Waals surface area contributed by atoms with E-state index in [4.69, 9.17) is 21.0 Å². The molecule has 1 saturated heterocycles. The predicted molar refractivity (Wildman–Crippen MR) is 99.0 cm³/mol. The van der Waals surface area contributed by atoms with Crippen molar-refractivity contribution in [3.8, 4) is 10.6 Å². The second kappa shape index (κ2) is 6.70. The van der Waals surface area contributed by atoms with E-state index in [0.29, 0.717) is 22.6 Å². The molecule has 2 aromatic heterocycles. The maximum Gasteiger partial charge on any atom is 0.298 e. The highest BCUT2D eigenvalue weighted by molar-refractivity contribution is 7.13. The number of benzene rings is 1. The Morgan fingerprint density at radius 1 is 1.38 bits per heavy atom. The topological polar surface area (TPSA) is 54.2 Å². The van der Waals surface area contributed by atoms with Gasteiger partial charge < -0.3 is 14.6 Å². The molecule has 126 valence electrons. The molecule has 0 bridgehead atoms. The lowest BCUT2D eigenvalue weighted by Gasteiger charge is -2.22. The van der Waals surface area contributed by atoms with E-state index in [1.807, 2.05) is 24.6 Å². The molecule has 4 rings (SSSR count). The molecular formula is C17H19ClN4OS. The predicted octanol–water partition coefficient (Wildman–Crippen LogP) is 4.18. The normalized spacial score (nSPS) is 18.9. The molecule has 3 heterocycles. The van der Waals surface area contributed by atoms with E-state index in [1.165, 1.54) is 12.8 Å². The molecule has 1 aliphatic heterocycles. The number of aromatic nitrogens is 2. The molecule has 7 heteroatoms. The molecular weight excluding hydrogens is 344 g/mol. The van der Waals surface area contributed by atoms with Gasteiger partial charge in [-0.3, -0.25) is 0 Å². The van der Waals surface area contributed by atoms with Gasteiger partial charge in [-0.1, -0.05) is 18.0 Å². The fraction of sp³-hybridized carbons (Fsp3) is 0.412. The summed E-state index contributed by atoms with van der Waals surface area (Å²) >= 11 is 7.94. The van der Waals surface area contributed by atoms with Crippen molar-refractivity contribution in [1.29, 1.82) is 0 Å². The van der Waals surface area contributed by atoms with Crippen LogP contribution in [-0.2, 0) is 0 Å². The number of fused-ring (bicyclic) bond motifs is 1. The van der Waals surface area contributed by atoms with Crippen LogP contribution in [0.5, 0.6) is 0 Å². The first-order valence-corrected chi connectivity index (χ1v) is 9.43. The van der Waals surface area contributed by atoms with E-state index in [9.17, 15) is 0 Å². The van der Waals surface area contributed by atoms with Crippen molar-refractivity contribution < 1.29 is 4.42 Å². The van der Waals surface area contributed by atoms with E-state index in [1.54, 1.807) is 17.5 Å². The minimum absolute atomic E-state index is 0.455. The number of nitrogens with zero attached hydrogens (tertiary/aromatic N) is 3. The lowest BCUT2D eigenvalue weighted by molar-refractivity contribution is 0.511. The maximum absolute atomic E-state index is 6.36. The Balaban J connectivity index is 1.77. The first-order valence-electron chi connectivity index (χ1n) is 8.17. The summed E-state index contributed by atoms with van der Waals surface area (Å²) in [6, 6.07) is 4.93. The molecule has 1 N–H and O–H groups in total. The summed E-state index contributed by atoms with van der Waals surface area (Å²) in [4.78, 5) is 11.3. The fourth-order valence-corrected chi connectivity index (χ4v) is 4.03. The van der Waals surface area contributed by atoms with E-state index >= 15 is 0 Å². The SMILES string of the molecule is CNC1CCCCN(c2nc3c(Cl)ccc(-c4nccs4)c3o2)C1. The Morgan fingerprint density at radius 2 is 2.29 bits per heavy atom. The van der Waals surface area contributed by atoms with Gasteiger partial charge in [-0.2, -0.15) is 4.98 Å². The number of likely N-dealkylation sites (N-methyl/N-ethyl adjacent to an activating group) is 1. The molecule has 1 unspecified atom stereocenters. The molecule has 24 heavy (non-hydrogen) atoms. The number of oxazole rings is 1. The van der Waals surface area contributed by atoms with Crippen LogP contribution < -0.4 is 10.2 Å². The number of halogens is 1. The van der Waals surface area contributed by atoms with Crippen molar-refractivity contribution in [3.63, 3.8) is 0 Å². The van der Waals surface area contributed by atoms with Gasteiger partial charge in [0.2, 0.25) is 0 Å². The lowest BCUT2D eigenvalue weighted by Crippen LogP contribution is -2.38. The average Bonchev–Trinajstić information content (AvgIpc) is 3.21. The van der Waals surface area contributed by atoms with Gasteiger partial charge in [-0.05, 0) is 32.0 Å². The van der Waals surface area contributed by atoms with Crippen molar-refractivity contribution >= 4 is 40.1 Å². The second-order valence-electron chi connectivity index (χ2n) is 6.03. The highest BCUT2D eigenvalue weighted by atomic mass is 35.5. The highest BCUT2D eigenvalue weighted by Gasteiger charge is 2.23. The fourth-order valence-electron chi connectivity index (χ4n) is 3.18. The van der Waals surface area contributed by atoms with Gasteiger partial charge in [0, 0.05) is 30.7 Å². The highest BCUT2D eigenvalue weighted by Crippen LogP contribution is 2.36. The zero-order valence-corrected chi connectivity index (χ0v) is 15.0. The van der Waals surface area contributed by atoms with E-state index < -0.39 is 0 Å². The molecule has 0 amide bonds. The van der Waals surface area contributed by atoms with Gasteiger partial charge in [0.25, 0.3) is 6.01 Å². The third kappa shape index (κ3) is 2.90. The number of anilines is 1. The van der Waals surface area contributed by atoms with Crippen LogP contribution in [0.25, 0.3) is 21.7 Å². The van der Waals surface area contributed by atoms with Crippen LogP contribution in [0, 0.1) is 0 Å². The summed E-state index contributed by atoms with van der Waals surface area (Å²) in [7, 11) is 2.01. The number of nitrogens with one attached hydrogen (secondary N) is 1. The minimum Gasteiger partial charge on any atom is -0.423 e. The standard InChI is InChI=1S/C17H19ClN4OS/c1-19-11-4-2-3-8-22(10-11)17-21-14-13(18)6-5-12(15(14)23-17)16-20-7-9-24-16/h5-7,9,11,19H,2-4,8,10H2,1H3. The van der Waals surface area contributed by atoms with Gasteiger partial charge in [-0.25, -0.2) is 4.98 Å². The van der Waals surface area contributed by atoms with Crippen molar-refractivity contribution in [3.05, 3.63) is 28.7 Å². The number of hydrogen-bond acceptors (Lipinski definition) is 6. The summed E-state index contributed by atoms with van der Waals surface area (Å²) < 4.78 is 6.16. The number of hydrogen-bond donors (Lipinski definition) is 1. The van der Waals surface area contributed by atoms with Crippen molar-refractivity contribution in [2.24, 2.45) is 0 Å². The Bertz CT molecular complexity index is 833. The zero-order valence-electron chi connectivity index (χ0n) is 13.5. The first kappa shape index (κ1) is 15.9. The van der Waals surface area contributed by atoms with Crippen LogP contribution in [0.3, 0.4) is 0 Å². The van der Waals surface area contributed by atoms with E-state index in [0.717, 1.165) is 35.7 Å². The van der Waals surface area contributed by atoms with Gasteiger partial charge in [0.1, 0.15) is 10.5 Å². The average molecular weight is 363 g/mol. The first-order chi connectivity index (χ1) is 11.8. The molecule has 0 radical (unpaired) electrons. The smallest absolute Gasteiger partial charge is 0.298 e. The second-order valence-corrected chi connectivity index (χ2v) is 7.34. The summed E-state index contributed by atoms with van der Waals surface area (Å²) in [5.41, 5.74) is 2.38. The molecule has 1 fully saturated rings. The van der Waals surface area contributed by atoms with Crippen LogP contribution in [0.2, 0.25) is 5.02 Å². The van der Waals surface area contributed by atoms with Crippen molar-refractivity contribution in [1.82, 2.24) is 15.3 Å². The molecule has 1 atom stereocenters. The van der Waals surface area contributed by atoms with Crippen LogP contribution in [-0.4, -0.2) is 36.1 Å². The third-order valence-corrected chi connectivity index (χ3v) is 5.61. The molecule has 1 aromatic carbocycles. The summed E-state index contributed by atoms with van der Waals surface area (Å²) in [6.45, 7) is 1.85. The summed E-state index contributed by atoms with van der Waals surface area (Å²) in [5.74, 6) is 0. The van der Waals surface area contributed by atoms with Gasteiger partial charge >= 0.3 is 0 Å². The molecule has 5 nitrogen and oxygen atoms in total. The molecule has 1 aliphatic rings. The maximum atomic E-state index is 6.36. The van der Waals surface area contributed by atoms with E-state index in [2.05, 4.69) is 15.2 Å². The van der Waals surface area contributed by atoms with Gasteiger partial charge in [0.05, 0.1) is 10.6 Å². The van der Waals surface area contributed by atoms with Crippen LogP contribution >= 0.6 is 22.9 Å². The Hall–Kier alpha value is -1.63. The van der Waals surface area contributed by atoms with Crippen molar-refractivity contribution in [2.45, 2.75) is 25.3 Å². The van der Waals surface area contributed by atoms with Crippen LogP contribution in [0.1, 0.15) is 19.3 Å². The third-order valence-electron chi connectivity index (χ3n) is 4.50. The molecule has 3 aromatic rings. The van der Waals surface area contributed by atoms with Crippen molar-refractivity contribution in [2.75, 3.05) is 25.0 Å². The summed E-state index contributed by atoms with van der Waals surface area (Å²) in [6.07, 6.45) is 5.33. The lowest BCUT2D eigenvalue weighted by atomic mass is 10.1. The molecule has 0 aliphatic carbocycles. The largest absolute Gasteiger partial charge is 0.423 e. The monoisotopic (exact) mass is 362 g/mol. The van der Waals surface area contributed by atoms with Crippen LogP contribution in [0.4, 0.5) is 6.01 Å². The van der Waals surface area contributed by atoms with Gasteiger partial charge in [-0.15, -0.1) is 11.3 Å². The van der Waals surface area contributed by atoms with Gasteiger partial charge in [0.15, 0.2) is 5.58 Å². The number of thiazole rings is 1. The zero-order chi connectivity index (χ0) is 16.5. The Morgan fingerprint density at radius 3 is 3.08 bits per heavy atom. The Labute approximate surface area is 149 Å². The molecule has 0 saturated carbocycles. The van der Waals surface area contributed by atoms with Crippen LogP contribution in [0.15, 0.2) is 28.1 Å². The van der Waals surface area contributed by atoms with E-state index in [-0.39, 0.29) is 0 Å². The molecule has 0 spiro atoms. The quantitative estimate of drug-likeness (QED) is 0.757.